The summed E-state index contributed by atoms with van der Waals surface area (Å²) in [5.41, 5.74) is 8.16. The van der Waals surface area contributed by atoms with Gasteiger partial charge in [0.2, 0.25) is 0 Å². The van der Waals surface area contributed by atoms with Crippen LogP contribution in [-0.2, 0) is 0 Å². The number of carbonyl (C=O) groups is 1. The van der Waals surface area contributed by atoms with E-state index >= 15 is 0 Å². The Hall–Kier alpha value is -2.56. The van der Waals surface area contributed by atoms with Gasteiger partial charge in [-0.1, -0.05) is 6.07 Å². The number of nitrogens with two attached hydrogens (primary N) is 1. The van der Waals surface area contributed by atoms with Crippen LogP contribution in [0.1, 0.15) is 21.6 Å². The summed E-state index contributed by atoms with van der Waals surface area (Å²) in [4.78, 5) is 26.6. The third kappa shape index (κ3) is 2.82. The van der Waals surface area contributed by atoms with Crippen molar-refractivity contribution in [1.29, 1.82) is 0 Å². The second-order valence-corrected chi connectivity index (χ2v) is 4.44. The number of H-pyrrole nitrogens is 1. The Morgan fingerprint density at radius 1 is 1.26 bits per heavy atom. The van der Waals surface area contributed by atoms with Gasteiger partial charge in [0.25, 0.3) is 5.91 Å². The molecule has 1 aromatic heterocycles. The van der Waals surface area contributed by atoms with E-state index in [1.54, 1.807) is 19.1 Å². The number of nitrogen functional groups attached to an aromatic ring is 1. The summed E-state index contributed by atoms with van der Waals surface area (Å²) < 4.78 is 0. The summed E-state index contributed by atoms with van der Waals surface area (Å²) in [6.45, 7) is 3.65. The van der Waals surface area contributed by atoms with Crippen LogP contribution < -0.4 is 16.5 Å². The molecule has 1 amide bonds. The molecule has 0 saturated heterocycles. The van der Waals surface area contributed by atoms with Crippen molar-refractivity contribution in [2.24, 2.45) is 0 Å². The topological polar surface area (TPSA) is 88.0 Å². The molecule has 98 valence electrons. The number of hydrogen-bond acceptors (Lipinski definition) is 3. The standard InChI is InChI=1S/C14H15N3O2/c1-8-3-4-11(15)12(5-8)17-14(19)10-7-16-9(2)6-13(10)18/h3-7H,15H2,1-2H3,(H,16,18)(H,17,19). The second kappa shape index (κ2) is 4.97. The van der Waals surface area contributed by atoms with Crippen LogP contribution in [0.4, 0.5) is 11.4 Å². The Balaban J connectivity index is 2.31. The molecule has 1 aromatic carbocycles. The minimum Gasteiger partial charge on any atom is -0.397 e. The van der Waals surface area contributed by atoms with E-state index in [1.807, 2.05) is 13.0 Å². The third-order valence-corrected chi connectivity index (χ3v) is 2.76. The zero-order valence-electron chi connectivity index (χ0n) is 10.8. The van der Waals surface area contributed by atoms with E-state index in [2.05, 4.69) is 10.3 Å². The minimum absolute atomic E-state index is 0.0616. The first-order chi connectivity index (χ1) is 8.97. The molecule has 5 nitrogen and oxygen atoms in total. The van der Waals surface area contributed by atoms with E-state index in [0.29, 0.717) is 17.1 Å². The molecule has 0 saturated carbocycles. The molecule has 0 aliphatic carbocycles. The van der Waals surface area contributed by atoms with Crippen LogP contribution in [0.5, 0.6) is 0 Å². The van der Waals surface area contributed by atoms with Gasteiger partial charge in [-0.15, -0.1) is 0 Å². The van der Waals surface area contributed by atoms with Gasteiger partial charge in [0.05, 0.1) is 11.4 Å². The average molecular weight is 257 g/mol. The number of anilines is 2. The predicted octanol–water partition coefficient (Wildman–Crippen LogP) is 1.83. The number of benzene rings is 1. The number of rotatable bonds is 2. The van der Waals surface area contributed by atoms with E-state index in [1.165, 1.54) is 12.3 Å². The molecular formula is C14H15N3O2. The number of nitrogens with one attached hydrogen (secondary N) is 2. The Kier molecular flexibility index (Phi) is 3.37. The number of aromatic amines is 1. The van der Waals surface area contributed by atoms with Crippen molar-refractivity contribution in [3.8, 4) is 0 Å². The molecule has 1 heterocycles. The smallest absolute Gasteiger partial charge is 0.261 e. The molecule has 4 N–H and O–H groups in total. The lowest BCUT2D eigenvalue weighted by molar-refractivity contribution is 0.102. The minimum atomic E-state index is -0.474. The first kappa shape index (κ1) is 12.9. The number of aryl methyl sites for hydroxylation is 2. The maximum absolute atomic E-state index is 12.0. The average Bonchev–Trinajstić information content (AvgIpc) is 2.33. The Morgan fingerprint density at radius 3 is 2.68 bits per heavy atom. The molecule has 0 atom stereocenters. The number of hydrogen-bond donors (Lipinski definition) is 3. The summed E-state index contributed by atoms with van der Waals surface area (Å²) in [6, 6.07) is 6.71. The van der Waals surface area contributed by atoms with Gasteiger partial charge in [-0.2, -0.15) is 0 Å². The second-order valence-electron chi connectivity index (χ2n) is 4.44. The molecule has 0 aliphatic rings. The lowest BCUT2D eigenvalue weighted by atomic mass is 10.1. The van der Waals surface area contributed by atoms with Gasteiger partial charge >= 0.3 is 0 Å². The van der Waals surface area contributed by atoms with Crippen molar-refractivity contribution in [3.05, 3.63) is 57.5 Å². The van der Waals surface area contributed by atoms with Crippen molar-refractivity contribution in [3.63, 3.8) is 0 Å². The Bertz CT molecular complexity index is 689. The van der Waals surface area contributed by atoms with E-state index < -0.39 is 5.91 Å². The van der Waals surface area contributed by atoms with Crippen LogP contribution in [-0.4, -0.2) is 10.9 Å². The van der Waals surface area contributed by atoms with E-state index in [9.17, 15) is 9.59 Å². The maximum atomic E-state index is 12.0. The summed E-state index contributed by atoms with van der Waals surface area (Å²) >= 11 is 0. The van der Waals surface area contributed by atoms with Crippen LogP contribution in [0, 0.1) is 13.8 Å². The molecule has 0 bridgehead atoms. The van der Waals surface area contributed by atoms with Gasteiger partial charge in [-0.25, -0.2) is 0 Å². The first-order valence-corrected chi connectivity index (χ1v) is 5.84. The fraction of sp³-hybridized carbons (Fsp3) is 0.143. The molecule has 2 rings (SSSR count). The lowest BCUT2D eigenvalue weighted by Gasteiger charge is -2.08. The number of carbonyl (C=O) groups excluding carboxylic acids is 1. The summed E-state index contributed by atoms with van der Waals surface area (Å²) in [5.74, 6) is -0.474. The monoisotopic (exact) mass is 257 g/mol. The summed E-state index contributed by atoms with van der Waals surface area (Å²) in [6.07, 6.45) is 1.40. The highest BCUT2D eigenvalue weighted by atomic mass is 16.2. The predicted molar refractivity (Wildman–Crippen MR) is 75.3 cm³/mol. The first-order valence-electron chi connectivity index (χ1n) is 5.84. The molecule has 2 aromatic rings. The van der Waals surface area contributed by atoms with Crippen molar-refractivity contribution < 1.29 is 4.79 Å². The maximum Gasteiger partial charge on any atom is 0.261 e. The van der Waals surface area contributed by atoms with Crippen LogP contribution in [0.3, 0.4) is 0 Å². The molecule has 0 spiro atoms. The number of amides is 1. The van der Waals surface area contributed by atoms with Crippen LogP contribution >= 0.6 is 0 Å². The zero-order valence-corrected chi connectivity index (χ0v) is 10.8. The molecule has 5 heteroatoms. The van der Waals surface area contributed by atoms with Gasteiger partial charge in [0, 0.05) is 18.0 Å². The van der Waals surface area contributed by atoms with Gasteiger partial charge in [-0.05, 0) is 31.5 Å². The summed E-state index contributed by atoms with van der Waals surface area (Å²) in [7, 11) is 0. The largest absolute Gasteiger partial charge is 0.397 e. The SMILES string of the molecule is Cc1ccc(N)c(NC(=O)c2c[nH]c(C)cc2=O)c1. The third-order valence-electron chi connectivity index (χ3n) is 2.76. The van der Waals surface area contributed by atoms with Gasteiger partial charge in [-0.3, -0.25) is 9.59 Å². The lowest BCUT2D eigenvalue weighted by Crippen LogP contribution is -2.22. The van der Waals surface area contributed by atoms with Crippen molar-refractivity contribution in [2.45, 2.75) is 13.8 Å². The van der Waals surface area contributed by atoms with Crippen LogP contribution in [0.2, 0.25) is 0 Å². The molecule has 0 fully saturated rings. The van der Waals surface area contributed by atoms with Crippen molar-refractivity contribution in [1.82, 2.24) is 4.98 Å². The fourth-order valence-electron chi connectivity index (χ4n) is 1.72. The molecule has 19 heavy (non-hydrogen) atoms. The number of pyridine rings is 1. The van der Waals surface area contributed by atoms with Crippen molar-refractivity contribution >= 4 is 17.3 Å². The van der Waals surface area contributed by atoms with E-state index in [-0.39, 0.29) is 11.0 Å². The van der Waals surface area contributed by atoms with Crippen LogP contribution in [0.15, 0.2) is 35.3 Å². The highest BCUT2D eigenvalue weighted by Gasteiger charge is 2.11. The normalized spacial score (nSPS) is 10.2. The van der Waals surface area contributed by atoms with E-state index in [4.69, 9.17) is 5.73 Å². The summed E-state index contributed by atoms with van der Waals surface area (Å²) in [5, 5.41) is 2.64. The van der Waals surface area contributed by atoms with Gasteiger partial charge < -0.3 is 16.0 Å². The van der Waals surface area contributed by atoms with Gasteiger partial charge in [0.15, 0.2) is 5.43 Å². The Labute approximate surface area is 110 Å². The Morgan fingerprint density at radius 2 is 2.00 bits per heavy atom. The highest BCUT2D eigenvalue weighted by molar-refractivity contribution is 6.05. The quantitative estimate of drug-likeness (QED) is 0.717. The molecule has 0 aliphatic heterocycles. The molecule has 0 radical (unpaired) electrons. The van der Waals surface area contributed by atoms with Crippen molar-refractivity contribution in [2.75, 3.05) is 11.1 Å². The highest BCUT2D eigenvalue weighted by Crippen LogP contribution is 2.19. The number of aromatic nitrogens is 1. The zero-order chi connectivity index (χ0) is 14.0. The van der Waals surface area contributed by atoms with Crippen LogP contribution in [0.25, 0.3) is 0 Å². The fourth-order valence-corrected chi connectivity index (χ4v) is 1.72. The van der Waals surface area contributed by atoms with E-state index in [0.717, 1.165) is 5.56 Å². The van der Waals surface area contributed by atoms with Gasteiger partial charge in [0.1, 0.15) is 5.56 Å². The molecular weight excluding hydrogens is 242 g/mol. The molecule has 0 unspecified atom stereocenters.